The summed E-state index contributed by atoms with van der Waals surface area (Å²) in [6, 6.07) is -0.222. The Kier molecular flexibility index (Phi) is 13.0. The molecule has 0 aromatic heterocycles. The van der Waals surface area contributed by atoms with Crippen LogP contribution in [0.5, 0.6) is 0 Å². The van der Waals surface area contributed by atoms with Crippen LogP contribution in [0.25, 0.3) is 0 Å². The number of Topliss-reactive ketones (excluding diaryl/α,β-unsaturated/α-hetero) is 1. The summed E-state index contributed by atoms with van der Waals surface area (Å²) in [5.41, 5.74) is 2.47. The molecule has 3 aliphatic heterocycles. The van der Waals surface area contributed by atoms with Crippen LogP contribution in [0.2, 0.25) is 0 Å². The number of carbonyl (C=O) groups is 3. The van der Waals surface area contributed by atoms with Crippen molar-refractivity contribution in [3.8, 4) is 0 Å². The number of hydrogen-bond acceptors (Lipinski definition) is 10. The molecule has 3 aliphatic rings. The lowest BCUT2D eigenvalue weighted by Crippen LogP contribution is -2.56. The third kappa shape index (κ3) is 9.32. The number of likely N-dealkylation sites (N-methyl/N-ethyl adjacent to an activating group) is 1. The Morgan fingerprint density at radius 3 is 2.43 bits per heavy atom. The predicted molar refractivity (Wildman–Crippen MR) is 165 cm³/mol. The van der Waals surface area contributed by atoms with Gasteiger partial charge in [-0.05, 0) is 66.6 Å². The van der Waals surface area contributed by atoms with Crippen molar-refractivity contribution in [2.24, 2.45) is 23.7 Å². The Balaban J connectivity index is 2.01. The fourth-order valence-corrected chi connectivity index (χ4v) is 6.84. The summed E-state index contributed by atoms with van der Waals surface area (Å²) in [6.45, 7) is 12.9. The molecular weight excluding hydrogens is 566 g/mol. The number of epoxide rings is 1. The Labute approximate surface area is 263 Å². The molecular formula is C34H55NO9. The van der Waals surface area contributed by atoms with E-state index in [0.29, 0.717) is 32.1 Å². The van der Waals surface area contributed by atoms with Crippen LogP contribution in [-0.2, 0) is 33.3 Å². The van der Waals surface area contributed by atoms with E-state index in [1.807, 2.05) is 53.6 Å². The van der Waals surface area contributed by atoms with E-state index in [1.54, 1.807) is 13.0 Å². The summed E-state index contributed by atoms with van der Waals surface area (Å²) < 4.78 is 24.6. The first-order chi connectivity index (χ1) is 20.6. The van der Waals surface area contributed by atoms with Gasteiger partial charge in [0.25, 0.3) is 0 Å². The lowest BCUT2D eigenvalue weighted by atomic mass is 9.80. The molecule has 0 unspecified atom stereocenters. The van der Waals surface area contributed by atoms with E-state index in [1.165, 1.54) is 13.0 Å². The minimum atomic E-state index is -1.16. The van der Waals surface area contributed by atoms with Gasteiger partial charge in [-0.25, -0.2) is 0 Å². The number of cyclic esters (lactones) is 1. The van der Waals surface area contributed by atoms with Crippen LogP contribution >= 0.6 is 0 Å². The van der Waals surface area contributed by atoms with Gasteiger partial charge in [0.05, 0.1) is 36.4 Å². The second kappa shape index (κ2) is 15.6. The van der Waals surface area contributed by atoms with Crippen LogP contribution in [0.1, 0.15) is 87.0 Å². The first-order valence-electron chi connectivity index (χ1n) is 16.2. The molecule has 13 atom stereocenters. The number of esters is 1. The Hall–Kier alpha value is -1.91. The van der Waals surface area contributed by atoms with Crippen molar-refractivity contribution in [2.45, 2.75) is 142 Å². The molecule has 44 heavy (non-hydrogen) atoms. The quantitative estimate of drug-likeness (QED) is 0.196. The largest absolute Gasteiger partial charge is 0.462 e. The van der Waals surface area contributed by atoms with Crippen LogP contribution in [0.15, 0.2) is 17.9 Å². The van der Waals surface area contributed by atoms with Crippen molar-refractivity contribution >= 4 is 17.5 Å². The van der Waals surface area contributed by atoms with Gasteiger partial charge in [0.2, 0.25) is 0 Å². The Morgan fingerprint density at radius 1 is 1.14 bits per heavy atom. The van der Waals surface area contributed by atoms with Crippen LogP contribution in [0.3, 0.4) is 0 Å². The molecule has 0 aromatic carbocycles. The smallest absolute Gasteiger partial charge is 0.308 e. The lowest BCUT2D eigenvalue weighted by Gasteiger charge is -2.44. The van der Waals surface area contributed by atoms with Gasteiger partial charge in [0.15, 0.2) is 12.1 Å². The Morgan fingerprint density at radius 2 is 1.82 bits per heavy atom. The number of hydrogen-bond donors (Lipinski definition) is 2. The molecule has 0 radical (unpaired) electrons. The van der Waals surface area contributed by atoms with Crippen LogP contribution in [0.4, 0.5) is 0 Å². The summed E-state index contributed by atoms with van der Waals surface area (Å²) in [6.07, 6.45) is 0.507. The lowest BCUT2D eigenvalue weighted by molar-refractivity contribution is -0.281. The molecule has 3 rings (SSSR count). The molecule has 3 fully saturated rings. The molecule has 250 valence electrons. The molecule has 0 aliphatic carbocycles. The number of rotatable bonds is 6. The highest BCUT2D eigenvalue weighted by atomic mass is 16.7. The van der Waals surface area contributed by atoms with Crippen molar-refractivity contribution in [3.63, 3.8) is 0 Å². The summed E-state index contributed by atoms with van der Waals surface area (Å²) in [5.74, 6) is -2.22. The molecule has 2 N–H and O–H groups in total. The van der Waals surface area contributed by atoms with E-state index in [4.69, 9.17) is 18.9 Å². The first kappa shape index (κ1) is 36.6. The van der Waals surface area contributed by atoms with Gasteiger partial charge in [-0.3, -0.25) is 14.4 Å². The minimum absolute atomic E-state index is 0.0702. The Bertz CT molecular complexity index is 1070. The summed E-state index contributed by atoms with van der Waals surface area (Å²) in [7, 11) is 3.77. The van der Waals surface area contributed by atoms with Crippen LogP contribution in [0, 0.1) is 23.7 Å². The number of ether oxygens (including phenoxy) is 4. The van der Waals surface area contributed by atoms with Gasteiger partial charge in [-0.2, -0.15) is 0 Å². The highest BCUT2D eigenvalue weighted by Crippen LogP contribution is 2.47. The molecule has 10 nitrogen and oxygen atoms in total. The van der Waals surface area contributed by atoms with Gasteiger partial charge in [0, 0.05) is 42.2 Å². The van der Waals surface area contributed by atoms with Crippen molar-refractivity contribution in [2.75, 3.05) is 14.1 Å². The number of aliphatic hydroxyl groups excluding tert-OH is 2. The highest BCUT2D eigenvalue weighted by molar-refractivity contribution is 5.87. The van der Waals surface area contributed by atoms with Gasteiger partial charge < -0.3 is 34.1 Å². The van der Waals surface area contributed by atoms with Crippen LogP contribution < -0.4 is 0 Å². The normalized spacial score (nSPS) is 42.5. The van der Waals surface area contributed by atoms with E-state index < -0.39 is 54.1 Å². The topological polar surface area (TPSA) is 135 Å². The second-order valence-corrected chi connectivity index (χ2v) is 13.8. The zero-order valence-corrected chi connectivity index (χ0v) is 28.0. The fourth-order valence-electron chi connectivity index (χ4n) is 6.84. The summed E-state index contributed by atoms with van der Waals surface area (Å²) in [4.78, 5) is 40.3. The zero-order valence-electron chi connectivity index (χ0n) is 28.0. The third-order valence-corrected chi connectivity index (χ3v) is 9.82. The van der Waals surface area contributed by atoms with Crippen LogP contribution in [-0.4, -0.2) is 101 Å². The van der Waals surface area contributed by atoms with Crippen molar-refractivity contribution in [1.82, 2.24) is 4.90 Å². The maximum absolute atomic E-state index is 13.5. The van der Waals surface area contributed by atoms with E-state index in [9.17, 15) is 24.6 Å². The van der Waals surface area contributed by atoms with Crippen molar-refractivity contribution in [3.05, 3.63) is 17.9 Å². The molecule has 0 spiro atoms. The standard InChI is InChI=1S/C34H55NO9/c1-10-28-23(6)32-34(7,44-32)15-14-26(37)19(2)16-24(13-11-12-20(3)36)31(22(5)27(38)18-29(39)42-28)43-33-30(40)25(35(8)9)17-21(4)41-33/h12-13,19,21-25,27-28,30-33,38,40H,10,14-18H2,1-9H3/t11?,19-,21+,22+,23-,24+,25-,27-,28-,30+,31-,32+,33+,34+/m1/s1. The van der Waals surface area contributed by atoms with Gasteiger partial charge in [-0.1, -0.05) is 27.7 Å². The SMILES string of the molecule is CC[C@H]1OC(=O)C[C@@H](O)[C@H](C)[C@@H](O[C@@H]2O[C@@H](C)C[C@@H](N(C)C)[C@@H]2O)[C@@H](C=C=CC(C)=O)C[C@@H](C)C(=O)CC[C@]2(C)O[C@H]2[C@@H]1C. The van der Waals surface area contributed by atoms with E-state index in [-0.39, 0.29) is 48.1 Å². The summed E-state index contributed by atoms with van der Waals surface area (Å²) in [5, 5.41) is 22.7. The molecule has 0 bridgehead atoms. The maximum atomic E-state index is 13.5. The predicted octanol–water partition coefficient (Wildman–Crippen LogP) is 3.61. The highest BCUT2D eigenvalue weighted by Gasteiger charge is 2.56. The van der Waals surface area contributed by atoms with Gasteiger partial charge >= 0.3 is 5.97 Å². The van der Waals surface area contributed by atoms with Gasteiger partial charge in [0.1, 0.15) is 18.0 Å². The molecule has 0 aromatic rings. The number of nitrogens with zero attached hydrogens (tertiary/aromatic N) is 1. The zero-order chi connectivity index (χ0) is 32.9. The molecule has 3 heterocycles. The molecule has 0 amide bonds. The number of ketones is 2. The van der Waals surface area contributed by atoms with Crippen molar-refractivity contribution < 1.29 is 43.5 Å². The fraction of sp³-hybridized carbons (Fsp3) is 0.824. The van der Waals surface area contributed by atoms with Crippen molar-refractivity contribution in [1.29, 1.82) is 0 Å². The average molecular weight is 622 g/mol. The molecule has 3 saturated heterocycles. The van der Waals surface area contributed by atoms with Gasteiger partial charge in [-0.15, -0.1) is 5.73 Å². The van der Waals surface area contributed by atoms with E-state index >= 15 is 0 Å². The van der Waals surface area contributed by atoms with E-state index in [2.05, 4.69) is 5.73 Å². The summed E-state index contributed by atoms with van der Waals surface area (Å²) >= 11 is 0. The number of fused-ring (bicyclic) bond motifs is 1. The molecule has 10 heteroatoms. The van der Waals surface area contributed by atoms with E-state index in [0.717, 1.165) is 0 Å². The maximum Gasteiger partial charge on any atom is 0.308 e. The average Bonchev–Trinajstić information content (AvgIpc) is 3.63. The number of aliphatic hydroxyl groups is 2. The third-order valence-electron chi connectivity index (χ3n) is 9.82. The second-order valence-electron chi connectivity index (χ2n) is 13.8. The minimum Gasteiger partial charge on any atom is -0.462 e. The monoisotopic (exact) mass is 621 g/mol. The number of carbonyl (C=O) groups excluding carboxylic acids is 3. The first-order valence-corrected chi connectivity index (χ1v) is 16.2. The molecule has 0 saturated carbocycles.